The number of hydrogen-bond donors (Lipinski definition) is 1. The highest BCUT2D eigenvalue weighted by molar-refractivity contribution is 6.17. The van der Waals surface area contributed by atoms with E-state index in [1.165, 1.54) is 0 Å². The number of halogens is 4. The Morgan fingerprint density at radius 1 is 1.54 bits per heavy atom. The first kappa shape index (κ1) is 10.1. The van der Waals surface area contributed by atoms with E-state index >= 15 is 0 Å². The zero-order valence-electron chi connectivity index (χ0n) is 6.28. The topological polar surface area (TPSA) is 32.9 Å². The molecule has 0 aliphatic carbocycles. The van der Waals surface area contributed by atoms with Crippen LogP contribution in [-0.2, 0) is 5.88 Å². The minimum atomic E-state index is -3.03. The molecule has 1 heterocycles. The summed E-state index contributed by atoms with van der Waals surface area (Å²) < 4.78 is 37.2. The van der Waals surface area contributed by atoms with Gasteiger partial charge in [-0.2, -0.15) is 0 Å². The van der Waals surface area contributed by atoms with Gasteiger partial charge in [-0.25, -0.2) is 13.2 Å². The van der Waals surface area contributed by atoms with Crippen LogP contribution in [0.15, 0.2) is 11.0 Å². The summed E-state index contributed by atoms with van der Waals surface area (Å²) in [5.41, 5.74) is -2.12. The summed E-state index contributed by atoms with van der Waals surface area (Å²) >= 11 is 5.23. The number of alkyl halides is 3. The predicted molar refractivity (Wildman–Crippen MR) is 41.5 cm³/mol. The maximum Gasteiger partial charge on any atom is 0.267 e. The van der Waals surface area contributed by atoms with Crippen molar-refractivity contribution in [2.75, 3.05) is 0 Å². The first-order valence-corrected chi connectivity index (χ1v) is 3.85. The SMILES string of the molecule is O=c1[nH]cc(F)c(C(F)F)c1CCl. The number of nitrogens with one attached hydrogen (secondary N) is 1. The Balaban J connectivity index is 3.44. The molecule has 72 valence electrons. The zero-order chi connectivity index (χ0) is 10.0. The molecule has 1 rings (SSSR count). The highest BCUT2D eigenvalue weighted by Crippen LogP contribution is 2.24. The van der Waals surface area contributed by atoms with E-state index in [1.54, 1.807) is 0 Å². The molecule has 1 aromatic heterocycles. The highest BCUT2D eigenvalue weighted by Gasteiger charge is 2.20. The quantitative estimate of drug-likeness (QED) is 0.748. The van der Waals surface area contributed by atoms with Crippen molar-refractivity contribution in [1.82, 2.24) is 4.98 Å². The minimum Gasteiger partial charge on any atom is -0.326 e. The molecule has 1 N–H and O–H groups in total. The van der Waals surface area contributed by atoms with E-state index < -0.39 is 34.8 Å². The molecule has 0 aromatic carbocycles. The predicted octanol–water partition coefficient (Wildman–Crippen LogP) is 2.19. The lowest BCUT2D eigenvalue weighted by Crippen LogP contribution is -2.16. The normalized spacial score (nSPS) is 10.8. The summed E-state index contributed by atoms with van der Waals surface area (Å²) in [6.45, 7) is 0. The molecule has 13 heavy (non-hydrogen) atoms. The lowest BCUT2D eigenvalue weighted by molar-refractivity contribution is 0.145. The van der Waals surface area contributed by atoms with Crippen molar-refractivity contribution >= 4 is 11.6 Å². The van der Waals surface area contributed by atoms with Gasteiger partial charge in [0.15, 0.2) is 0 Å². The van der Waals surface area contributed by atoms with Gasteiger partial charge in [0.25, 0.3) is 12.0 Å². The van der Waals surface area contributed by atoms with Crippen LogP contribution in [0.25, 0.3) is 0 Å². The van der Waals surface area contributed by atoms with Gasteiger partial charge >= 0.3 is 0 Å². The van der Waals surface area contributed by atoms with E-state index in [-0.39, 0.29) is 0 Å². The second kappa shape index (κ2) is 3.83. The number of rotatable bonds is 2. The standard InChI is InChI=1S/C7H5ClF3NO/c8-1-3-5(6(10)11)4(9)2-12-7(3)13/h2,6H,1H2,(H,12,13). The molecule has 0 radical (unpaired) electrons. The first-order chi connectivity index (χ1) is 6.07. The molecule has 0 bridgehead atoms. The zero-order valence-corrected chi connectivity index (χ0v) is 7.04. The maximum atomic E-state index is 12.8. The molecule has 0 atom stereocenters. The fourth-order valence-electron chi connectivity index (χ4n) is 0.929. The van der Waals surface area contributed by atoms with Gasteiger partial charge in [0.2, 0.25) is 0 Å². The average Bonchev–Trinajstić information content (AvgIpc) is 2.07. The second-order valence-electron chi connectivity index (χ2n) is 2.29. The van der Waals surface area contributed by atoms with Crippen LogP contribution in [0.4, 0.5) is 13.2 Å². The molecular weight excluding hydrogens is 207 g/mol. The Bertz CT molecular complexity index is 363. The van der Waals surface area contributed by atoms with Gasteiger partial charge in [0, 0.05) is 11.8 Å². The number of H-pyrrole nitrogens is 1. The van der Waals surface area contributed by atoms with Gasteiger partial charge < -0.3 is 4.98 Å². The molecule has 1 aromatic rings. The molecule has 0 amide bonds. The minimum absolute atomic E-state index is 0.420. The molecular formula is C7H5ClF3NO. The van der Waals surface area contributed by atoms with Crippen LogP contribution in [0.2, 0.25) is 0 Å². The van der Waals surface area contributed by atoms with Gasteiger partial charge in [0.05, 0.1) is 11.4 Å². The van der Waals surface area contributed by atoms with Crippen molar-refractivity contribution in [3.05, 3.63) is 33.5 Å². The third kappa shape index (κ3) is 1.85. The lowest BCUT2D eigenvalue weighted by Gasteiger charge is -2.05. The number of aromatic nitrogens is 1. The van der Waals surface area contributed by atoms with E-state index in [9.17, 15) is 18.0 Å². The van der Waals surface area contributed by atoms with Gasteiger partial charge in [-0.1, -0.05) is 0 Å². The first-order valence-electron chi connectivity index (χ1n) is 3.32. The van der Waals surface area contributed by atoms with Crippen LogP contribution >= 0.6 is 11.6 Å². The Morgan fingerprint density at radius 3 is 2.54 bits per heavy atom. The summed E-state index contributed by atoms with van der Waals surface area (Å²) in [7, 11) is 0. The van der Waals surface area contributed by atoms with Crippen LogP contribution in [0, 0.1) is 5.82 Å². The summed E-state index contributed by atoms with van der Waals surface area (Å²) in [5, 5.41) is 0. The summed E-state index contributed by atoms with van der Waals surface area (Å²) in [6.07, 6.45) is -2.43. The van der Waals surface area contributed by atoms with Gasteiger partial charge in [-0.15, -0.1) is 11.6 Å². The van der Waals surface area contributed by atoms with E-state index in [0.717, 1.165) is 0 Å². The fourth-order valence-corrected chi connectivity index (χ4v) is 1.19. The van der Waals surface area contributed by atoms with Crippen LogP contribution in [0.5, 0.6) is 0 Å². The Kier molecular flexibility index (Phi) is 2.98. The van der Waals surface area contributed by atoms with Crippen LogP contribution < -0.4 is 5.56 Å². The van der Waals surface area contributed by atoms with Crippen molar-refractivity contribution in [1.29, 1.82) is 0 Å². The van der Waals surface area contributed by atoms with E-state index in [1.807, 2.05) is 4.98 Å². The molecule has 0 saturated heterocycles. The van der Waals surface area contributed by atoms with Crippen molar-refractivity contribution in [3.63, 3.8) is 0 Å². The largest absolute Gasteiger partial charge is 0.326 e. The molecule has 0 aliphatic rings. The molecule has 2 nitrogen and oxygen atoms in total. The van der Waals surface area contributed by atoms with E-state index in [0.29, 0.717) is 6.20 Å². The molecule has 0 saturated carbocycles. The number of hydrogen-bond acceptors (Lipinski definition) is 1. The third-order valence-corrected chi connectivity index (χ3v) is 1.81. The molecule has 0 aliphatic heterocycles. The summed E-state index contributed by atoms with van der Waals surface area (Å²) in [4.78, 5) is 12.9. The smallest absolute Gasteiger partial charge is 0.267 e. The van der Waals surface area contributed by atoms with Crippen molar-refractivity contribution in [2.24, 2.45) is 0 Å². The van der Waals surface area contributed by atoms with Crippen LogP contribution in [0.3, 0.4) is 0 Å². The van der Waals surface area contributed by atoms with Crippen LogP contribution in [0.1, 0.15) is 17.6 Å². The Morgan fingerprint density at radius 2 is 2.15 bits per heavy atom. The fraction of sp³-hybridized carbons (Fsp3) is 0.286. The summed E-state index contributed by atoms with van der Waals surface area (Å²) in [6, 6.07) is 0. The maximum absolute atomic E-state index is 12.8. The highest BCUT2D eigenvalue weighted by atomic mass is 35.5. The van der Waals surface area contributed by atoms with E-state index in [4.69, 9.17) is 11.6 Å². The molecule has 0 spiro atoms. The van der Waals surface area contributed by atoms with Crippen molar-refractivity contribution < 1.29 is 13.2 Å². The van der Waals surface area contributed by atoms with Gasteiger partial charge in [-0.3, -0.25) is 4.79 Å². The monoisotopic (exact) mass is 211 g/mol. The van der Waals surface area contributed by atoms with Crippen LogP contribution in [-0.4, -0.2) is 4.98 Å². The van der Waals surface area contributed by atoms with Gasteiger partial charge in [0.1, 0.15) is 5.82 Å². The van der Waals surface area contributed by atoms with Gasteiger partial charge in [-0.05, 0) is 0 Å². The van der Waals surface area contributed by atoms with Crippen molar-refractivity contribution in [2.45, 2.75) is 12.3 Å². The number of aromatic amines is 1. The third-order valence-electron chi connectivity index (χ3n) is 1.54. The average molecular weight is 212 g/mol. The molecule has 6 heteroatoms. The molecule has 0 unspecified atom stereocenters. The summed E-state index contributed by atoms with van der Waals surface area (Å²) in [5.74, 6) is -1.59. The van der Waals surface area contributed by atoms with Crippen molar-refractivity contribution in [3.8, 4) is 0 Å². The van der Waals surface area contributed by atoms with E-state index in [2.05, 4.69) is 0 Å². The molecule has 0 fully saturated rings. The Hall–Kier alpha value is -0.970. The lowest BCUT2D eigenvalue weighted by atomic mass is 10.1. The Labute approximate surface area is 76.3 Å². The number of pyridine rings is 1. The second-order valence-corrected chi connectivity index (χ2v) is 2.56.